The van der Waals surface area contributed by atoms with Gasteiger partial charge in [0, 0.05) is 24.3 Å². The highest BCUT2D eigenvalue weighted by atomic mass is 79.9. The average Bonchev–Trinajstić information content (AvgIpc) is 3.73. The lowest BCUT2D eigenvalue weighted by atomic mass is 9.70. The highest BCUT2D eigenvalue weighted by Crippen LogP contribution is 2.61. The number of allylic oxidation sites excluding steroid dienone is 1. The molecule has 5 rings (SSSR count). The molecule has 3 saturated heterocycles. The fraction of sp³-hybridized carbons (Fsp3) is 0.487. The topological polar surface area (TPSA) is 125 Å². The number of hydrogen-bond donors (Lipinski definition) is 2. The lowest BCUT2D eigenvalue weighted by molar-refractivity contribution is -0.161. The third-order valence-electron chi connectivity index (χ3n) is 10.1. The second-order valence-electron chi connectivity index (χ2n) is 13.3. The smallest absolute Gasteiger partial charge is 0.313 e. The van der Waals surface area contributed by atoms with Crippen LogP contribution in [0, 0.1) is 11.8 Å². The van der Waals surface area contributed by atoms with Crippen LogP contribution in [0.5, 0.6) is 0 Å². The van der Waals surface area contributed by atoms with E-state index in [1.807, 2.05) is 67.6 Å². The molecule has 2 aromatic rings. The molecule has 2 N–H and O–H groups in total. The number of esters is 1. The lowest BCUT2D eigenvalue weighted by Gasteiger charge is -2.39. The summed E-state index contributed by atoms with van der Waals surface area (Å²) in [6.45, 7) is 9.98. The Morgan fingerprint density at radius 2 is 1.84 bits per heavy atom. The number of halogens is 1. The van der Waals surface area contributed by atoms with Gasteiger partial charge >= 0.3 is 5.97 Å². The van der Waals surface area contributed by atoms with Crippen LogP contribution in [-0.4, -0.2) is 93.5 Å². The van der Waals surface area contributed by atoms with Gasteiger partial charge in [-0.05, 0) is 36.8 Å². The number of rotatable bonds is 18. The first kappa shape index (κ1) is 37.5. The van der Waals surface area contributed by atoms with Gasteiger partial charge in [0.15, 0.2) is 0 Å². The predicted octanol–water partition coefficient (Wildman–Crippen LogP) is 4.52. The summed E-state index contributed by atoms with van der Waals surface area (Å²) in [4.78, 5) is 59.3. The van der Waals surface area contributed by atoms with E-state index >= 15 is 0 Å². The fourth-order valence-corrected chi connectivity index (χ4v) is 8.70. The summed E-state index contributed by atoms with van der Waals surface area (Å²) in [5.41, 5.74) is 0.258. The van der Waals surface area contributed by atoms with Gasteiger partial charge in [-0.15, -0.1) is 13.2 Å². The van der Waals surface area contributed by atoms with Crippen molar-refractivity contribution in [3.63, 3.8) is 0 Å². The molecule has 0 aromatic heterocycles. The third kappa shape index (κ3) is 7.60. The van der Waals surface area contributed by atoms with Gasteiger partial charge < -0.3 is 29.7 Å². The maximum Gasteiger partial charge on any atom is 0.313 e. The van der Waals surface area contributed by atoms with E-state index in [1.54, 1.807) is 17.1 Å². The number of benzene rings is 2. The van der Waals surface area contributed by atoms with Gasteiger partial charge in [0.1, 0.15) is 17.7 Å². The monoisotopic (exact) mass is 749 g/mol. The predicted molar refractivity (Wildman–Crippen MR) is 193 cm³/mol. The molecular formula is C39H48BrN3O7. The quantitative estimate of drug-likeness (QED) is 0.131. The molecule has 8 atom stereocenters. The molecule has 268 valence electrons. The first-order valence-corrected chi connectivity index (χ1v) is 18.4. The van der Waals surface area contributed by atoms with Gasteiger partial charge in [-0.2, -0.15) is 0 Å². The van der Waals surface area contributed by atoms with E-state index in [0.29, 0.717) is 31.4 Å². The number of amides is 3. The zero-order valence-electron chi connectivity index (χ0n) is 28.6. The van der Waals surface area contributed by atoms with E-state index in [2.05, 4.69) is 34.4 Å². The van der Waals surface area contributed by atoms with Crippen molar-refractivity contribution in [2.75, 3.05) is 26.2 Å². The number of carbonyl (C=O) groups excluding carboxylic acids is 4. The van der Waals surface area contributed by atoms with Crippen LogP contribution in [0.15, 0.2) is 86.0 Å². The molecule has 10 nitrogen and oxygen atoms in total. The van der Waals surface area contributed by atoms with E-state index in [9.17, 15) is 24.3 Å². The summed E-state index contributed by atoms with van der Waals surface area (Å²) < 4.78 is 12.9. The van der Waals surface area contributed by atoms with Crippen molar-refractivity contribution in [3.05, 3.63) is 97.1 Å². The third-order valence-corrected chi connectivity index (χ3v) is 10.9. The minimum absolute atomic E-state index is 0.0380. The molecule has 2 bridgehead atoms. The van der Waals surface area contributed by atoms with E-state index in [-0.39, 0.29) is 42.8 Å². The molecule has 1 unspecified atom stereocenters. The number of carbonyl (C=O) groups is 4. The van der Waals surface area contributed by atoms with Gasteiger partial charge in [-0.1, -0.05) is 102 Å². The molecule has 11 heteroatoms. The number of nitrogens with one attached hydrogen (secondary N) is 1. The number of hydrogen-bond acceptors (Lipinski definition) is 7. The number of nitrogens with zero attached hydrogens (tertiary/aromatic N) is 2. The minimum atomic E-state index is -1.33. The summed E-state index contributed by atoms with van der Waals surface area (Å²) in [5, 5.41) is 13.7. The Morgan fingerprint density at radius 3 is 2.48 bits per heavy atom. The Balaban J connectivity index is 1.51. The summed E-state index contributed by atoms with van der Waals surface area (Å²) in [6.07, 6.45) is 4.80. The molecule has 3 aliphatic heterocycles. The Bertz CT molecular complexity index is 1520. The molecule has 3 amide bonds. The van der Waals surface area contributed by atoms with Crippen LogP contribution < -0.4 is 5.32 Å². The molecule has 2 aromatic carbocycles. The van der Waals surface area contributed by atoms with Gasteiger partial charge in [-0.25, -0.2) is 0 Å². The lowest BCUT2D eigenvalue weighted by Crippen LogP contribution is -2.59. The minimum Gasteiger partial charge on any atom is -0.455 e. The van der Waals surface area contributed by atoms with E-state index in [4.69, 9.17) is 9.47 Å². The first-order valence-electron chi connectivity index (χ1n) is 17.5. The molecule has 0 aliphatic carbocycles. The summed E-state index contributed by atoms with van der Waals surface area (Å²) in [7, 11) is 0. The van der Waals surface area contributed by atoms with Crippen LogP contribution in [0.2, 0.25) is 0 Å². The largest absolute Gasteiger partial charge is 0.455 e. The number of alkyl halides is 1. The van der Waals surface area contributed by atoms with Gasteiger partial charge in [0.05, 0.1) is 37.1 Å². The molecule has 50 heavy (non-hydrogen) atoms. The Morgan fingerprint density at radius 1 is 1.14 bits per heavy atom. The molecule has 3 aliphatic rings. The van der Waals surface area contributed by atoms with Crippen molar-refractivity contribution in [1.82, 2.24) is 15.1 Å². The SMILES string of the molecule is C=CCCC(=O)NC[C@@H](OC(=O)[C@@H]1[C@H]2O[C@@]3(CC2Br)[C@H](C(=O)N(CC=C)CCCC)N([C@@H](CO)Cc2ccccc2)C(=O)[C@@H]13)c1ccccc1. The summed E-state index contributed by atoms with van der Waals surface area (Å²) in [6, 6.07) is 16.8. The van der Waals surface area contributed by atoms with Crippen molar-refractivity contribution in [3.8, 4) is 0 Å². The van der Waals surface area contributed by atoms with Crippen molar-refractivity contribution >= 4 is 39.6 Å². The van der Waals surface area contributed by atoms with Crippen molar-refractivity contribution in [2.45, 2.75) is 80.2 Å². The first-order chi connectivity index (χ1) is 24.2. The maximum atomic E-state index is 14.8. The number of unbranched alkanes of at least 4 members (excludes halogenated alkanes) is 1. The van der Waals surface area contributed by atoms with Crippen molar-refractivity contribution in [2.24, 2.45) is 11.8 Å². The average molecular weight is 751 g/mol. The molecule has 3 heterocycles. The molecule has 1 spiro atoms. The highest BCUT2D eigenvalue weighted by Gasteiger charge is 2.77. The number of aliphatic hydroxyl groups excluding tert-OH is 1. The van der Waals surface area contributed by atoms with E-state index in [1.165, 1.54) is 4.90 Å². The number of fused-ring (bicyclic) bond motifs is 1. The van der Waals surface area contributed by atoms with Crippen LogP contribution in [0.3, 0.4) is 0 Å². The second kappa shape index (κ2) is 16.9. The van der Waals surface area contributed by atoms with Crippen LogP contribution in [0.25, 0.3) is 0 Å². The Hall–Kier alpha value is -3.80. The van der Waals surface area contributed by atoms with Crippen LogP contribution >= 0.6 is 15.9 Å². The highest BCUT2D eigenvalue weighted by molar-refractivity contribution is 9.09. The van der Waals surface area contributed by atoms with Gasteiger partial charge in [-0.3, -0.25) is 19.2 Å². The number of aliphatic hydroxyl groups is 1. The van der Waals surface area contributed by atoms with Crippen molar-refractivity contribution in [1.29, 1.82) is 0 Å². The molecular weight excluding hydrogens is 702 g/mol. The zero-order valence-corrected chi connectivity index (χ0v) is 30.2. The second-order valence-corrected chi connectivity index (χ2v) is 14.5. The Labute approximate surface area is 303 Å². The van der Waals surface area contributed by atoms with E-state index in [0.717, 1.165) is 18.4 Å². The number of ether oxygens (including phenoxy) is 2. The molecule has 0 radical (unpaired) electrons. The van der Waals surface area contributed by atoms with E-state index < -0.39 is 53.6 Å². The molecule has 0 saturated carbocycles. The van der Waals surface area contributed by atoms with Crippen LogP contribution in [-0.2, 0) is 35.1 Å². The summed E-state index contributed by atoms with van der Waals surface area (Å²) >= 11 is 3.74. The molecule has 3 fully saturated rings. The van der Waals surface area contributed by atoms with Gasteiger partial charge in [0.2, 0.25) is 17.7 Å². The standard InChI is InChI=1S/C39H48BrN3O7/c1-4-7-19-31(45)41-24-30(27-17-13-10-14-18-27)49-38(48)32-33-36(46)43(28(25-44)22-26-15-11-9-12-16-26)35(39(33)23-29(40)34(32)50-39)37(47)42(20-6-3)21-8-5-2/h4,6,9-18,28-30,32-35,44H,1,3,5,7-8,19-25H2,2H3,(H,41,45)/t28-,29?,30-,32+,33-,34+,35+,39-/m1/s1. The van der Waals surface area contributed by atoms with Gasteiger partial charge in [0.25, 0.3) is 0 Å². The van der Waals surface area contributed by atoms with Crippen LogP contribution in [0.1, 0.15) is 56.3 Å². The zero-order chi connectivity index (χ0) is 35.8. The van der Waals surface area contributed by atoms with Crippen molar-refractivity contribution < 1.29 is 33.8 Å². The summed E-state index contributed by atoms with van der Waals surface area (Å²) in [5.74, 6) is -3.58. The normalized spacial score (nSPS) is 26.2. The number of likely N-dealkylation sites (tertiary alicyclic amines) is 1. The van der Waals surface area contributed by atoms with Crippen LogP contribution in [0.4, 0.5) is 0 Å². The Kier molecular flexibility index (Phi) is 12.7. The fourth-order valence-electron chi connectivity index (χ4n) is 7.76. The maximum absolute atomic E-state index is 14.8.